The van der Waals surface area contributed by atoms with Crippen LogP contribution in [0.2, 0.25) is 0 Å². The first-order valence-corrected chi connectivity index (χ1v) is 5.43. The summed E-state index contributed by atoms with van der Waals surface area (Å²) in [6.07, 6.45) is 6.45. The largest absolute Gasteiger partial charge is 0.307 e. The Morgan fingerprint density at radius 1 is 1.27 bits per heavy atom. The van der Waals surface area contributed by atoms with E-state index in [9.17, 15) is 4.39 Å². The predicted octanol–water partition coefficient (Wildman–Crippen LogP) is 3.19. The molecule has 80 valence electrons. The van der Waals surface area contributed by atoms with Gasteiger partial charge >= 0.3 is 0 Å². The summed E-state index contributed by atoms with van der Waals surface area (Å²) >= 11 is 0. The molecule has 1 aliphatic carbocycles. The molecule has 0 fully saturated rings. The Balaban J connectivity index is 2.01. The molecule has 1 unspecified atom stereocenters. The molecule has 1 aromatic rings. The van der Waals surface area contributed by atoms with E-state index < -0.39 is 0 Å². The van der Waals surface area contributed by atoms with E-state index in [0.717, 1.165) is 18.4 Å². The molecular formula is C13H16FN. The molecule has 0 heterocycles. The van der Waals surface area contributed by atoms with E-state index in [-0.39, 0.29) is 11.9 Å². The summed E-state index contributed by atoms with van der Waals surface area (Å²) in [6.45, 7) is 2.01. The molecule has 0 aliphatic heterocycles. The molecule has 0 spiro atoms. The highest BCUT2D eigenvalue weighted by Gasteiger charge is 2.15. The molecule has 1 aliphatic rings. The third-order valence-electron chi connectivity index (χ3n) is 2.87. The molecule has 0 aromatic heterocycles. The summed E-state index contributed by atoms with van der Waals surface area (Å²) < 4.78 is 13.5. The maximum atomic E-state index is 13.5. The van der Waals surface area contributed by atoms with Crippen molar-refractivity contribution >= 4 is 0 Å². The number of rotatable bonds is 3. The van der Waals surface area contributed by atoms with Crippen molar-refractivity contribution < 1.29 is 4.39 Å². The highest BCUT2D eigenvalue weighted by Crippen LogP contribution is 2.19. The highest BCUT2D eigenvalue weighted by atomic mass is 19.1. The first kappa shape index (κ1) is 10.4. The van der Waals surface area contributed by atoms with Crippen LogP contribution < -0.4 is 5.32 Å². The van der Waals surface area contributed by atoms with Crippen LogP contribution in [0.5, 0.6) is 0 Å². The van der Waals surface area contributed by atoms with E-state index >= 15 is 0 Å². The maximum absolute atomic E-state index is 13.5. The van der Waals surface area contributed by atoms with Crippen LogP contribution in [0.15, 0.2) is 36.4 Å². The van der Waals surface area contributed by atoms with E-state index in [1.54, 1.807) is 6.07 Å². The Morgan fingerprint density at radius 2 is 1.93 bits per heavy atom. The number of hydrogen-bond donors (Lipinski definition) is 1. The van der Waals surface area contributed by atoms with Gasteiger partial charge in [-0.15, -0.1) is 0 Å². The van der Waals surface area contributed by atoms with Crippen LogP contribution in [0.3, 0.4) is 0 Å². The van der Waals surface area contributed by atoms with Crippen LogP contribution in [0.25, 0.3) is 0 Å². The van der Waals surface area contributed by atoms with Crippen molar-refractivity contribution in [2.24, 2.45) is 0 Å². The fourth-order valence-electron chi connectivity index (χ4n) is 2.02. The Kier molecular flexibility index (Phi) is 3.17. The molecule has 0 amide bonds. The number of benzene rings is 1. The first-order chi connectivity index (χ1) is 7.27. The number of hydrogen-bond acceptors (Lipinski definition) is 1. The summed E-state index contributed by atoms with van der Waals surface area (Å²) in [4.78, 5) is 0. The topological polar surface area (TPSA) is 12.0 Å². The fourth-order valence-corrected chi connectivity index (χ4v) is 2.02. The van der Waals surface area contributed by atoms with Crippen LogP contribution in [-0.2, 0) is 0 Å². The lowest BCUT2D eigenvalue weighted by molar-refractivity contribution is 0.456. The molecule has 1 nitrogen and oxygen atoms in total. The Labute approximate surface area is 90.0 Å². The van der Waals surface area contributed by atoms with Gasteiger partial charge in [0.15, 0.2) is 0 Å². The van der Waals surface area contributed by atoms with Gasteiger partial charge < -0.3 is 5.32 Å². The van der Waals surface area contributed by atoms with Crippen molar-refractivity contribution in [1.82, 2.24) is 5.32 Å². The quantitative estimate of drug-likeness (QED) is 0.747. The molecule has 0 radical (unpaired) electrons. The van der Waals surface area contributed by atoms with Gasteiger partial charge in [0, 0.05) is 17.6 Å². The minimum absolute atomic E-state index is 0.0797. The van der Waals surface area contributed by atoms with Crippen LogP contribution in [0, 0.1) is 5.82 Å². The summed E-state index contributed by atoms with van der Waals surface area (Å²) in [7, 11) is 0. The number of halogens is 1. The second-order valence-electron chi connectivity index (χ2n) is 4.05. The van der Waals surface area contributed by atoms with E-state index in [4.69, 9.17) is 0 Å². The van der Waals surface area contributed by atoms with Crippen LogP contribution in [-0.4, -0.2) is 6.04 Å². The lowest BCUT2D eigenvalue weighted by Crippen LogP contribution is -2.29. The lowest BCUT2D eigenvalue weighted by Gasteiger charge is -2.19. The highest BCUT2D eigenvalue weighted by molar-refractivity contribution is 5.21. The zero-order chi connectivity index (χ0) is 10.7. The van der Waals surface area contributed by atoms with Gasteiger partial charge in [-0.25, -0.2) is 4.39 Å². The molecule has 15 heavy (non-hydrogen) atoms. The van der Waals surface area contributed by atoms with Crippen LogP contribution in [0.1, 0.15) is 31.4 Å². The minimum atomic E-state index is -0.122. The van der Waals surface area contributed by atoms with Gasteiger partial charge in [0.05, 0.1) is 0 Å². The van der Waals surface area contributed by atoms with E-state index in [1.807, 2.05) is 19.1 Å². The standard InChI is InChI=1S/C13H16FN/c1-10(15-11-6-2-3-7-11)12-8-4-5-9-13(12)14/h2-5,8-11,15H,6-7H2,1H3. The van der Waals surface area contributed by atoms with Crippen molar-refractivity contribution in [1.29, 1.82) is 0 Å². The zero-order valence-electron chi connectivity index (χ0n) is 8.91. The van der Waals surface area contributed by atoms with Gasteiger partial charge in [-0.2, -0.15) is 0 Å². The molecule has 2 rings (SSSR count). The normalized spacial score (nSPS) is 18.3. The van der Waals surface area contributed by atoms with Crippen LogP contribution in [0.4, 0.5) is 4.39 Å². The van der Waals surface area contributed by atoms with Gasteiger partial charge in [-0.1, -0.05) is 30.4 Å². The first-order valence-electron chi connectivity index (χ1n) is 5.43. The Morgan fingerprint density at radius 3 is 2.60 bits per heavy atom. The van der Waals surface area contributed by atoms with Crippen molar-refractivity contribution in [3.63, 3.8) is 0 Å². The lowest BCUT2D eigenvalue weighted by atomic mass is 10.1. The maximum Gasteiger partial charge on any atom is 0.127 e. The predicted molar refractivity (Wildman–Crippen MR) is 60.1 cm³/mol. The molecule has 0 bridgehead atoms. The van der Waals surface area contributed by atoms with E-state index in [0.29, 0.717) is 6.04 Å². The molecule has 1 N–H and O–H groups in total. The third kappa shape index (κ3) is 2.45. The second-order valence-corrected chi connectivity index (χ2v) is 4.05. The summed E-state index contributed by atoms with van der Waals surface area (Å²) in [5.74, 6) is -0.122. The Bertz CT molecular complexity index is 351. The van der Waals surface area contributed by atoms with Gasteiger partial charge in [0.25, 0.3) is 0 Å². The van der Waals surface area contributed by atoms with Crippen molar-refractivity contribution in [3.05, 3.63) is 47.8 Å². The van der Waals surface area contributed by atoms with Crippen molar-refractivity contribution in [2.75, 3.05) is 0 Å². The average molecular weight is 205 g/mol. The number of nitrogens with one attached hydrogen (secondary N) is 1. The summed E-state index contributed by atoms with van der Waals surface area (Å²) in [5, 5.41) is 3.43. The third-order valence-corrected chi connectivity index (χ3v) is 2.87. The summed E-state index contributed by atoms with van der Waals surface area (Å²) in [5.41, 5.74) is 0.754. The smallest absolute Gasteiger partial charge is 0.127 e. The average Bonchev–Trinajstić information content (AvgIpc) is 2.71. The Hall–Kier alpha value is -1.15. The zero-order valence-corrected chi connectivity index (χ0v) is 8.91. The second kappa shape index (κ2) is 4.58. The molecule has 1 atom stereocenters. The van der Waals surface area contributed by atoms with E-state index in [1.165, 1.54) is 6.07 Å². The molecule has 1 aromatic carbocycles. The molecular weight excluding hydrogens is 189 g/mol. The molecule has 0 saturated heterocycles. The summed E-state index contributed by atoms with van der Waals surface area (Å²) in [6, 6.07) is 7.51. The monoisotopic (exact) mass is 205 g/mol. The van der Waals surface area contributed by atoms with Gasteiger partial charge in [0.2, 0.25) is 0 Å². The van der Waals surface area contributed by atoms with Crippen molar-refractivity contribution in [3.8, 4) is 0 Å². The molecule has 2 heteroatoms. The fraction of sp³-hybridized carbons (Fsp3) is 0.385. The van der Waals surface area contributed by atoms with Gasteiger partial charge in [-0.05, 0) is 25.8 Å². The van der Waals surface area contributed by atoms with Gasteiger partial charge in [-0.3, -0.25) is 0 Å². The van der Waals surface area contributed by atoms with Crippen molar-refractivity contribution in [2.45, 2.75) is 31.8 Å². The van der Waals surface area contributed by atoms with Crippen LogP contribution >= 0.6 is 0 Å². The SMILES string of the molecule is CC(NC1CC=CC1)c1ccccc1F. The minimum Gasteiger partial charge on any atom is -0.307 e. The van der Waals surface area contributed by atoms with E-state index in [2.05, 4.69) is 17.5 Å². The molecule has 0 saturated carbocycles. The van der Waals surface area contributed by atoms with Gasteiger partial charge in [0.1, 0.15) is 5.82 Å².